The van der Waals surface area contributed by atoms with Gasteiger partial charge in [-0.2, -0.15) is 4.39 Å². The fourth-order valence-electron chi connectivity index (χ4n) is 1.43. The molecule has 0 saturated carbocycles. The molecular formula is C12H6Cl2FNO2S. The fraction of sp³-hybridized carbons (Fsp3) is 0. The molecule has 0 aliphatic heterocycles. The Bertz CT molecular complexity index is 652. The molecule has 98 valence electrons. The van der Waals surface area contributed by atoms with Gasteiger partial charge >= 0.3 is 5.69 Å². The van der Waals surface area contributed by atoms with Gasteiger partial charge in [-0.3, -0.25) is 10.1 Å². The summed E-state index contributed by atoms with van der Waals surface area (Å²) in [4.78, 5) is 10.8. The minimum absolute atomic E-state index is 0.175. The molecule has 2 aromatic rings. The van der Waals surface area contributed by atoms with E-state index < -0.39 is 16.4 Å². The molecule has 2 rings (SSSR count). The number of benzene rings is 2. The van der Waals surface area contributed by atoms with Crippen LogP contribution in [0.25, 0.3) is 0 Å². The average Bonchev–Trinajstić information content (AvgIpc) is 2.33. The van der Waals surface area contributed by atoms with Crippen molar-refractivity contribution in [3.8, 4) is 0 Å². The van der Waals surface area contributed by atoms with E-state index in [1.807, 2.05) is 0 Å². The first-order chi connectivity index (χ1) is 8.99. The van der Waals surface area contributed by atoms with Gasteiger partial charge in [-0.05, 0) is 30.3 Å². The molecule has 19 heavy (non-hydrogen) atoms. The Morgan fingerprint density at radius 1 is 1.16 bits per heavy atom. The van der Waals surface area contributed by atoms with E-state index in [0.717, 1.165) is 17.8 Å². The molecule has 0 spiro atoms. The number of nitro benzene ring substituents is 1. The van der Waals surface area contributed by atoms with Crippen molar-refractivity contribution in [1.29, 1.82) is 0 Å². The zero-order valence-corrected chi connectivity index (χ0v) is 11.6. The quantitative estimate of drug-likeness (QED) is 0.577. The zero-order valence-electron chi connectivity index (χ0n) is 9.27. The van der Waals surface area contributed by atoms with Crippen molar-refractivity contribution in [2.45, 2.75) is 9.79 Å². The second kappa shape index (κ2) is 5.77. The molecule has 0 aromatic heterocycles. The van der Waals surface area contributed by atoms with E-state index in [9.17, 15) is 14.5 Å². The van der Waals surface area contributed by atoms with E-state index >= 15 is 0 Å². The second-order valence-corrected chi connectivity index (χ2v) is 5.45. The van der Waals surface area contributed by atoms with Gasteiger partial charge in [0.2, 0.25) is 5.82 Å². The Morgan fingerprint density at radius 2 is 1.89 bits per heavy atom. The van der Waals surface area contributed by atoms with Crippen LogP contribution in [0, 0.1) is 15.9 Å². The smallest absolute Gasteiger partial charge is 0.258 e. The Hall–Kier alpha value is -1.30. The third-order valence-electron chi connectivity index (χ3n) is 2.25. The van der Waals surface area contributed by atoms with Gasteiger partial charge in [0, 0.05) is 9.92 Å². The number of rotatable bonds is 3. The normalized spacial score (nSPS) is 10.5. The lowest BCUT2D eigenvalue weighted by Crippen LogP contribution is -1.94. The maximum Gasteiger partial charge on any atom is 0.318 e. The Kier molecular flexibility index (Phi) is 4.29. The number of hydrogen-bond acceptors (Lipinski definition) is 3. The van der Waals surface area contributed by atoms with Crippen molar-refractivity contribution in [3.63, 3.8) is 0 Å². The highest BCUT2D eigenvalue weighted by molar-refractivity contribution is 7.99. The number of nitro groups is 1. The van der Waals surface area contributed by atoms with E-state index in [-0.39, 0.29) is 4.90 Å². The molecule has 2 aromatic carbocycles. The van der Waals surface area contributed by atoms with Crippen LogP contribution in [0.1, 0.15) is 0 Å². The summed E-state index contributed by atoms with van der Waals surface area (Å²) >= 11 is 12.8. The summed E-state index contributed by atoms with van der Waals surface area (Å²) in [6.07, 6.45) is 0. The molecule has 0 N–H and O–H groups in total. The maximum atomic E-state index is 13.5. The SMILES string of the molecule is O=[N+]([O-])c1c(F)cccc1Sc1cc(Cl)ccc1Cl. The van der Waals surface area contributed by atoms with Crippen molar-refractivity contribution in [2.24, 2.45) is 0 Å². The lowest BCUT2D eigenvalue weighted by Gasteiger charge is -2.06. The number of nitrogens with zero attached hydrogens (tertiary/aromatic N) is 1. The van der Waals surface area contributed by atoms with Gasteiger partial charge in [0.05, 0.1) is 14.8 Å². The van der Waals surface area contributed by atoms with Gasteiger partial charge in [0.1, 0.15) is 0 Å². The summed E-state index contributed by atoms with van der Waals surface area (Å²) in [5, 5.41) is 11.7. The molecule has 0 bridgehead atoms. The van der Waals surface area contributed by atoms with Crippen LogP contribution < -0.4 is 0 Å². The van der Waals surface area contributed by atoms with Gasteiger partial charge in [0.25, 0.3) is 0 Å². The Morgan fingerprint density at radius 3 is 2.58 bits per heavy atom. The van der Waals surface area contributed by atoms with Crippen LogP contribution >= 0.6 is 35.0 Å². The standard InChI is InChI=1S/C12H6Cl2FNO2S/c13-7-4-5-8(14)11(6-7)19-10-3-1-2-9(15)12(10)16(17)18/h1-6H. The van der Waals surface area contributed by atoms with Crippen molar-refractivity contribution < 1.29 is 9.31 Å². The second-order valence-electron chi connectivity index (χ2n) is 3.52. The van der Waals surface area contributed by atoms with Gasteiger partial charge in [-0.15, -0.1) is 0 Å². The molecule has 0 saturated heterocycles. The van der Waals surface area contributed by atoms with Crippen LogP contribution in [-0.2, 0) is 0 Å². The highest BCUT2D eigenvalue weighted by atomic mass is 35.5. The summed E-state index contributed by atoms with van der Waals surface area (Å²) in [5.74, 6) is -0.881. The zero-order chi connectivity index (χ0) is 14.0. The van der Waals surface area contributed by atoms with Gasteiger partial charge in [-0.25, -0.2) is 0 Å². The van der Waals surface area contributed by atoms with Crippen LogP contribution in [0.5, 0.6) is 0 Å². The first kappa shape index (κ1) is 14.1. The van der Waals surface area contributed by atoms with Crippen LogP contribution in [-0.4, -0.2) is 4.92 Å². The van der Waals surface area contributed by atoms with Crippen molar-refractivity contribution in [2.75, 3.05) is 0 Å². The minimum Gasteiger partial charge on any atom is -0.258 e. The first-order valence-corrected chi connectivity index (χ1v) is 6.62. The van der Waals surface area contributed by atoms with E-state index in [1.54, 1.807) is 18.2 Å². The number of halogens is 3. The van der Waals surface area contributed by atoms with Crippen LogP contribution in [0.3, 0.4) is 0 Å². The molecule has 0 aliphatic carbocycles. The maximum absolute atomic E-state index is 13.5. The van der Waals surface area contributed by atoms with Crippen LogP contribution in [0.2, 0.25) is 10.0 Å². The monoisotopic (exact) mass is 317 g/mol. The summed E-state index contributed by atoms with van der Waals surface area (Å²) in [6.45, 7) is 0. The first-order valence-electron chi connectivity index (χ1n) is 5.05. The highest BCUT2D eigenvalue weighted by Gasteiger charge is 2.21. The Balaban J connectivity index is 2.46. The summed E-state index contributed by atoms with van der Waals surface area (Å²) in [6, 6.07) is 8.67. The van der Waals surface area contributed by atoms with E-state index in [4.69, 9.17) is 23.2 Å². The highest BCUT2D eigenvalue weighted by Crippen LogP contribution is 2.40. The molecule has 0 aliphatic rings. The molecule has 0 atom stereocenters. The molecule has 0 unspecified atom stereocenters. The summed E-state index contributed by atoms with van der Waals surface area (Å²) < 4.78 is 13.5. The van der Waals surface area contributed by atoms with Crippen molar-refractivity contribution in [1.82, 2.24) is 0 Å². The van der Waals surface area contributed by atoms with E-state index in [2.05, 4.69) is 0 Å². The van der Waals surface area contributed by atoms with E-state index in [1.165, 1.54) is 12.1 Å². The van der Waals surface area contributed by atoms with Gasteiger partial charge in [0.15, 0.2) is 0 Å². The Labute approximate surface area is 122 Å². The molecule has 0 radical (unpaired) electrons. The average molecular weight is 318 g/mol. The third-order valence-corrected chi connectivity index (χ3v) is 4.03. The minimum atomic E-state index is -0.881. The van der Waals surface area contributed by atoms with Crippen LogP contribution in [0.4, 0.5) is 10.1 Å². The topological polar surface area (TPSA) is 43.1 Å². The van der Waals surface area contributed by atoms with Gasteiger partial charge in [-0.1, -0.05) is 41.0 Å². The van der Waals surface area contributed by atoms with Gasteiger partial charge < -0.3 is 0 Å². The third kappa shape index (κ3) is 3.18. The summed E-state index contributed by atoms with van der Waals surface area (Å²) in [7, 11) is 0. The predicted octanol–water partition coefficient (Wildman–Crippen LogP) is 5.19. The lowest BCUT2D eigenvalue weighted by molar-refractivity contribution is -0.390. The molecule has 0 amide bonds. The molecular weight excluding hydrogens is 312 g/mol. The van der Waals surface area contributed by atoms with E-state index in [0.29, 0.717) is 14.9 Å². The van der Waals surface area contributed by atoms with Crippen molar-refractivity contribution in [3.05, 3.63) is 62.4 Å². The molecule has 0 heterocycles. The molecule has 0 fully saturated rings. The van der Waals surface area contributed by atoms with Crippen LogP contribution in [0.15, 0.2) is 46.2 Å². The molecule has 3 nitrogen and oxygen atoms in total. The lowest BCUT2D eigenvalue weighted by atomic mass is 10.3. The van der Waals surface area contributed by atoms with Crippen molar-refractivity contribution >= 4 is 40.7 Å². The number of hydrogen-bond donors (Lipinski definition) is 0. The molecule has 7 heteroatoms. The largest absolute Gasteiger partial charge is 0.318 e. The number of para-hydroxylation sites is 1. The summed E-state index contributed by atoms with van der Waals surface area (Å²) in [5.41, 5.74) is -0.566. The predicted molar refractivity (Wildman–Crippen MR) is 73.6 cm³/mol. The fourth-order valence-corrected chi connectivity index (χ4v) is 2.90.